The number of allylic oxidation sites excluding steroid dienone is 1. The Balaban J connectivity index is 1.01. The number of nitrogens with one attached hydrogen (secondary N) is 2. The van der Waals surface area contributed by atoms with E-state index in [1.165, 1.54) is 57.2 Å². The van der Waals surface area contributed by atoms with Crippen molar-refractivity contribution in [1.82, 2.24) is 10.6 Å². The summed E-state index contributed by atoms with van der Waals surface area (Å²) in [5.74, 6) is -0.662. The van der Waals surface area contributed by atoms with Crippen LogP contribution in [0, 0.1) is 56.7 Å². The van der Waals surface area contributed by atoms with Crippen molar-refractivity contribution in [3.63, 3.8) is 0 Å². The fourth-order valence-corrected chi connectivity index (χ4v) is 14.4. The highest BCUT2D eigenvalue weighted by Gasteiger charge is 2.71. The van der Waals surface area contributed by atoms with E-state index < -0.39 is 23.8 Å². The number of benzene rings is 1. The van der Waals surface area contributed by atoms with Crippen LogP contribution in [0.2, 0.25) is 0 Å². The molecule has 0 saturated heterocycles. The molecule has 5 aliphatic rings. The first-order chi connectivity index (χ1) is 28.6. The van der Waals surface area contributed by atoms with Crippen molar-refractivity contribution in [3.05, 3.63) is 29.8 Å². The van der Waals surface area contributed by atoms with E-state index in [-0.39, 0.29) is 61.9 Å². The molecule has 1 aromatic rings. The highest BCUT2D eigenvalue weighted by Crippen LogP contribution is 2.77. The van der Waals surface area contributed by atoms with Crippen LogP contribution in [0.15, 0.2) is 24.3 Å². The fourth-order valence-electron chi connectivity index (χ4n) is 14.4. The van der Waals surface area contributed by atoms with Gasteiger partial charge in [-0.1, -0.05) is 66.0 Å². The summed E-state index contributed by atoms with van der Waals surface area (Å²) in [6, 6.07) is 2.55. The maximum absolute atomic E-state index is 14.5. The monoisotopic (exact) mass is 847 g/mol. The third-order valence-electron chi connectivity index (χ3n) is 17.5. The standard InChI is InChI=1S/C50H74N2O9/c1-30(2)35-18-23-50(25-24-48(9)36(42(35)50)16-17-40-47(8)21-20-41(56)46(6,7)39(47)19-22-49(40,48)10)45(58)52-27-15-13-11-12-14-26-51-44(57)34-28-37(59-31(3)53)43(61-33(5)55)38(29-34)60-32(4)54/h28-29,35-36,39-42,56H,1,11-27H2,2-10H3,(H,51,57)(H,52,58)/t35-,36?,39?,40?,41-,42?,47-,48+,49+,50-/m0/s1. The number of ether oxygens (including phenoxy) is 3. The van der Waals surface area contributed by atoms with Gasteiger partial charge in [-0.25, -0.2) is 0 Å². The van der Waals surface area contributed by atoms with Crippen molar-refractivity contribution in [2.75, 3.05) is 13.1 Å². The lowest BCUT2D eigenvalue weighted by molar-refractivity contribution is -0.246. The van der Waals surface area contributed by atoms with Gasteiger partial charge < -0.3 is 30.0 Å². The second-order valence-corrected chi connectivity index (χ2v) is 21.1. The van der Waals surface area contributed by atoms with Gasteiger partial charge in [-0.15, -0.1) is 0 Å². The number of aliphatic hydroxyl groups excluding tert-OH is 1. The predicted octanol–water partition coefficient (Wildman–Crippen LogP) is 9.28. The number of hydrogen-bond donors (Lipinski definition) is 3. The van der Waals surface area contributed by atoms with Gasteiger partial charge in [0, 0.05) is 39.4 Å². The Hall–Kier alpha value is -3.73. The van der Waals surface area contributed by atoms with E-state index in [4.69, 9.17) is 14.2 Å². The van der Waals surface area contributed by atoms with E-state index >= 15 is 0 Å². The predicted molar refractivity (Wildman–Crippen MR) is 234 cm³/mol. The molecule has 1 aromatic carbocycles. The quantitative estimate of drug-likeness (QED) is 0.0719. The number of esters is 3. The molecule has 0 radical (unpaired) electrons. The number of aliphatic hydroxyl groups is 1. The van der Waals surface area contributed by atoms with Crippen molar-refractivity contribution in [3.8, 4) is 17.2 Å². The maximum atomic E-state index is 14.5. The van der Waals surface area contributed by atoms with Crippen molar-refractivity contribution in [1.29, 1.82) is 0 Å². The van der Waals surface area contributed by atoms with Crippen molar-refractivity contribution in [2.45, 2.75) is 165 Å². The minimum absolute atomic E-state index is 0.0649. The van der Waals surface area contributed by atoms with Crippen molar-refractivity contribution < 1.29 is 43.3 Å². The lowest BCUT2D eigenvalue weighted by atomic mass is 9.32. The Bertz CT molecular complexity index is 1850. The average molecular weight is 847 g/mol. The number of rotatable bonds is 14. The minimum atomic E-state index is -0.720. The van der Waals surface area contributed by atoms with Crippen LogP contribution in [0.3, 0.4) is 0 Å². The van der Waals surface area contributed by atoms with Gasteiger partial charge in [-0.05, 0) is 147 Å². The first kappa shape index (κ1) is 46.8. The number of hydrogen-bond acceptors (Lipinski definition) is 9. The first-order valence-electron chi connectivity index (χ1n) is 23.3. The third-order valence-corrected chi connectivity index (χ3v) is 17.5. The number of amides is 2. The van der Waals surface area contributed by atoms with Crippen LogP contribution in [-0.2, 0) is 19.2 Å². The fraction of sp³-hybridized carbons (Fsp3) is 0.740. The molecular weight excluding hydrogens is 773 g/mol. The smallest absolute Gasteiger partial charge is 0.308 e. The van der Waals surface area contributed by atoms with E-state index in [9.17, 15) is 29.1 Å². The molecule has 5 saturated carbocycles. The van der Waals surface area contributed by atoms with E-state index in [0.29, 0.717) is 42.7 Å². The molecule has 0 spiro atoms. The van der Waals surface area contributed by atoms with Gasteiger partial charge in [0.25, 0.3) is 5.91 Å². The summed E-state index contributed by atoms with van der Waals surface area (Å²) in [6.07, 6.45) is 15.0. The van der Waals surface area contributed by atoms with Crippen LogP contribution in [0.5, 0.6) is 17.2 Å². The highest BCUT2D eigenvalue weighted by molar-refractivity contribution is 5.96. The van der Waals surface area contributed by atoms with Gasteiger partial charge in [-0.2, -0.15) is 0 Å². The molecule has 0 bridgehead atoms. The lowest BCUT2D eigenvalue weighted by Gasteiger charge is -2.72. The summed E-state index contributed by atoms with van der Waals surface area (Å²) in [7, 11) is 0. The van der Waals surface area contributed by atoms with Gasteiger partial charge in [-0.3, -0.25) is 24.0 Å². The van der Waals surface area contributed by atoms with Gasteiger partial charge in [0.2, 0.25) is 11.7 Å². The summed E-state index contributed by atoms with van der Waals surface area (Å²) in [4.78, 5) is 62.8. The Labute approximate surface area is 364 Å². The third kappa shape index (κ3) is 8.54. The Morgan fingerprint density at radius 3 is 1.85 bits per heavy atom. The number of fused-ring (bicyclic) bond motifs is 7. The molecule has 10 atom stereocenters. The molecule has 0 aliphatic heterocycles. The molecule has 5 fully saturated rings. The molecule has 11 heteroatoms. The zero-order valence-corrected chi connectivity index (χ0v) is 38.6. The average Bonchev–Trinajstić information content (AvgIpc) is 3.58. The van der Waals surface area contributed by atoms with Gasteiger partial charge in [0.15, 0.2) is 11.5 Å². The summed E-state index contributed by atoms with van der Waals surface area (Å²) < 4.78 is 15.5. The van der Waals surface area contributed by atoms with Gasteiger partial charge in [0.05, 0.1) is 11.5 Å². The normalized spacial score (nSPS) is 34.7. The van der Waals surface area contributed by atoms with E-state index in [2.05, 4.69) is 58.8 Å². The molecule has 338 valence electrons. The molecule has 2 amide bonds. The molecule has 4 unspecified atom stereocenters. The van der Waals surface area contributed by atoms with E-state index in [0.717, 1.165) is 77.6 Å². The summed E-state index contributed by atoms with van der Waals surface area (Å²) >= 11 is 0. The Kier molecular flexibility index (Phi) is 13.6. The maximum Gasteiger partial charge on any atom is 0.308 e. The van der Waals surface area contributed by atoms with Crippen LogP contribution >= 0.6 is 0 Å². The number of carbonyl (C=O) groups is 5. The van der Waals surface area contributed by atoms with Crippen LogP contribution in [0.1, 0.15) is 169 Å². The lowest BCUT2D eigenvalue weighted by Crippen LogP contribution is -2.67. The van der Waals surface area contributed by atoms with E-state index in [1.54, 1.807) is 0 Å². The SMILES string of the molecule is C=C(C)[C@@H]1CC[C@]2(C(=O)NCCCCCCCNC(=O)c3cc(OC(C)=O)c(OC(C)=O)c(OC(C)=O)c3)CC[C@]3(C)C(CCC4[C@@]5(C)CC[C@H](O)C(C)(C)C5CC[C@]43C)C12. The van der Waals surface area contributed by atoms with Gasteiger partial charge >= 0.3 is 17.9 Å². The Morgan fingerprint density at radius 2 is 1.26 bits per heavy atom. The molecular formula is C50H74N2O9. The summed E-state index contributed by atoms with van der Waals surface area (Å²) in [5, 5.41) is 17.4. The van der Waals surface area contributed by atoms with Crippen LogP contribution in [-0.4, -0.2) is 54.0 Å². The molecule has 61 heavy (non-hydrogen) atoms. The zero-order chi connectivity index (χ0) is 44.7. The van der Waals surface area contributed by atoms with Gasteiger partial charge in [0.1, 0.15) is 0 Å². The zero-order valence-electron chi connectivity index (χ0n) is 38.6. The largest absolute Gasteiger partial charge is 0.423 e. The molecule has 3 N–H and O–H groups in total. The second-order valence-electron chi connectivity index (χ2n) is 21.1. The minimum Gasteiger partial charge on any atom is -0.423 e. The molecule has 0 heterocycles. The van der Waals surface area contributed by atoms with Crippen LogP contribution < -0.4 is 24.8 Å². The molecule has 5 aliphatic carbocycles. The second kappa shape index (κ2) is 17.8. The number of unbranched alkanes of at least 4 members (excludes halogenated alkanes) is 4. The highest BCUT2D eigenvalue weighted by atomic mass is 16.6. The van der Waals surface area contributed by atoms with Crippen LogP contribution in [0.25, 0.3) is 0 Å². The topological polar surface area (TPSA) is 157 Å². The number of carbonyl (C=O) groups excluding carboxylic acids is 5. The van der Waals surface area contributed by atoms with E-state index in [1.807, 2.05) is 0 Å². The van der Waals surface area contributed by atoms with Crippen molar-refractivity contribution in [2.24, 2.45) is 56.7 Å². The van der Waals surface area contributed by atoms with Crippen molar-refractivity contribution >= 4 is 29.7 Å². The summed E-state index contributed by atoms with van der Waals surface area (Å²) in [5.41, 5.74) is 1.50. The molecule has 11 nitrogen and oxygen atoms in total. The molecule has 0 aromatic heterocycles. The molecule has 6 rings (SSSR count). The Morgan fingerprint density at radius 1 is 0.672 bits per heavy atom. The first-order valence-corrected chi connectivity index (χ1v) is 23.3. The van der Waals surface area contributed by atoms with Crippen LogP contribution in [0.4, 0.5) is 0 Å². The summed E-state index contributed by atoms with van der Waals surface area (Å²) in [6.45, 7) is 23.7.